The van der Waals surface area contributed by atoms with Crippen LogP contribution in [0.3, 0.4) is 0 Å². The zero-order chi connectivity index (χ0) is 25.2. The Bertz CT molecular complexity index is 1300. The lowest BCUT2D eigenvalue weighted by Gasteiger charge is -2.31. The Morgan fingerprint density at radius 1 is 1.17 bits per heavy atom. The van der Waals surface area contributed by atoms with E-state index in [1.165, 1.54) is 16.6 Å². The van der Waals surface area contributed by atoms with Gasteiger partial charge in [-0.1, -0.05) is 0 Å². The SMILES string of the molecule is CN(C)CCCNC(=O)c1ccc2[nH]c(O)c(-c3ccc(S(=O)(=O)N4CCN(C)CC4)cn3)c2c1. The van der Waals surface area contributed by atoms with E-state index in [-0.39, 0.29) is 16.7 Å². The second kappa shape index (κ2) is 10.3. The molecule has 0 saturated carbocycles. The monoisotopic (exact) mass is 500 g/mol. The highest BCUT2D eigenvalue weighted by Crippen LogP contribution is 2.36. The highest BCUT2D eigenvalue weighted by atomic mass is 32.2. The van der Waals surface area contributed by atoms with E-state index in [9.17, 15) is 18.3 Å². The van der Waals surface area contributed by atoms with Gasteiger partial charge in [0.1, 0.15) is 4.90 Å². The Morgan fingerprint density at radius 2 is 1.91 bits per heavy atom. The van der Waals surface area contributed by atoms with Crippen molar-refractivity contribution in [2.75, 3.05) is 60.4 Å². The predicted octanol–water partition coefficient (Wildman–Crippen LogP) is 1.55. The number of sulfonamides is 1. The molecule has 0 aliphatic carbocycles. The lowest BCUT2D eigenvalue weighted by molar-refractivity contribution is 0.0952. The van der Waals surface area contributed by atoms with E-state index < -0.39 is 10.0 Å². The molecular weight excluding hydrogens is 468 g/mol. The first-order valence-corrected chi connectivity index (χ1v) is 13.0. The van der Waals surface area contributed by atoms with Gasteiger partial charge < -0.3 is 25.2 Å². The highest BCUT2D eigenvalue weighted by molar-refractivity contribution is 7.89. The van der Waals surface area contributed by atoms with Crippen LogP contribution in [0, 0.1) is 0 Å². The van der Waals surface area contributed by atoms with Crippen LogP contribution in [0.15, 0.2) is 41.4 Å². The maximum atomic E-state index is 13.0. The Hall–Kier alpha value is -2.99. The van der Waals surface area contributed by atoms with Crippen LogP contribution in [0.4, 0.5) is 0 Å². The number of amides is 1. The standard InChI is InChI=1S/C24H32N6O4S/c1-28(2)10-4-9-25-23(31)17-5-7-20-19(15-17)22(24(32)27-20)21-8-6-18(16-26-21)35(33,34)30-13-11-29(3)12-14-30/h5-8,15-16,27,32H,4,9-14H2,1-3H3,(H,25,31). The molecular formula is C24H32N6O4S. The predicted molar refractivity (Wildman–Crippen MR) is 135 cm³/mol. The molecule has 0 radical (unpaired) electrons. The van der Waals surface area contributed by atoms with Gasteiger partial charge in [0.05, 0.1) is 11.3 Å². The molecule has 10 nitrogen and oxygen atoms in total. The molecule has 3 aromatic rings. The molecule has 1 fully saturated rings. The van der Waals surface area contributed by atoms with Crippen molar-refractivity contribution in [3.8, 4) is 17.1 Å². The summed E-state index contributed by atoms with van der Waals surface area (Å²) in [5.74, 6) is -0.287. The molecule has 188 valence electrons. The van der Waals surface area contributed by atoms with Crippen LogP contribution >= 0.6 is 0 Å². The smallest absolute Gasteiger partial charge is 0.251 e. The second-order valence-corrected chi connectivity index (χ2v) is 11.0. The van der Waals surface area contributed by atoms with E-state index in [4.69, 9.17) is 0 Å². The summed E-state index contributed by atoms with van der Waals surface area (Å²) in [4.78, 5) is 24.1. The first-order chi connectivity index (χ1) is 16.7. The number of hydrogen-bond acceptors (Lipinski definition) is 7. The summed E-state index contributed by atoms with van der Waals surface area (Å²) in [6.07, 6.45) is 2.16. The molecule has 0 bridgehead atoms. The number of carbonyl (C=O) groups is 1. The number of benzene rings is 1. The number of fused-ring (bicyclic) bond motifs is 1. The van der Waals surface area contributed by atoms with Gasteiger partial charge in [0.25, 0.3) is 5.91 Å². The third-order valence-electron chi connectivity index (χ3n) is 6.20. The highest BCUT2D eigenvalue weighted by Gasteiger charge is 2.28. The Balaban J connectivity index is 1.57. The number of hydrogen-bond donors (Lipinski definition) is 3. The number of H-pyrrole nitrogens is 1. The molecule has 1 aliphatic rings. The molecule has 11 heteroatoms. The first kappa shape index (κ1) is 25.1. The zero-order valence-electron chi connectivity index (χ0n) is 20.3. The molecule has 0 atom stereocenters. The van der Waals surface area contributed by atoms with E-state index in [2.05, 4.69) is 25.1 Å². The molecule has 0 spiro atoms. The maximum Gasteiger partial charge on any atom is 0.251 e. The summed E-state index contributed by atoms with van der Waals surface area (Å²) >= 11 is 0. The normalized spacial score (nSPS) is 15.7. The van der Waals surface area contributed by atoms with E-state index >= 15 is 0 Å². The lowest BCUT2D eigenvalue weighted by Crippen LogP contribution is -2.47. The number of pyridine rings is 1. The lowest BCUT2D eigenvalue weighted by atomic mass is 10.1. The topological polar surface area (TPSA) is 122 Å². The molecule has 3 N–H and O–H groups in total. The molecule has 1 amide bonds. The van der Waals surface area contributed by atoms with Crippen molar-refractivity contribution in [3.05, 3.63) is 42.1 Å². The van der Waals surface area contributed by atoms with Crippen molar-refractivity contribution in [1.29, 1.82) is 0 Å². The van der Waals surface area contributed by atoms with Gasteiger partial charge in [-0.15, -0.1) is 0 Å². The van der Waals surface area contributed by atoms with E-state index in [0.29, 0.717) is 60.4 Å². The molecule has 2 aromatic heterocycles. The Morgan fingerprint density at radius 3 is 2.57 bits per heavy atom. The van der Waals surface area contributed by atoms with Crippen LogP contribution in [0.25, 0.3) is 22.2 Å². The Labute approximate surface area is 205 Å². The molecule has 3 heterocycles. The third kappa shape index (κ3) is 5.48. The number of likely N-dealkylation sites (N-methyl/N-ethyl adjacent to an activating group) is 1. The molecule has 4 rings (SSSR count). The number of nitrogens with one attached hydrogen (secondary N) is 2. The maximum absolute atomic E-state index is 13.0. The summed E-state index contributed by atoms with van der Waals surface area (Å²) in [6, 6.07) is 8.23. The number of aromatic nitrogens is 2. The Kier molecular flexibility index (Phi) is 7.41. The number of piperazine rings is 1. The van der Waals surface area contributed by atoms with Crippen molar-refractivity contribution < 1.29 is 18.3 Å². The van der Waals surface area contributed by atoms with E-state index in [0.717, 1.165) is 13.0 Å². The van der Waals surface area contributed by atoms with Crippen LogP contribution in [0.1, 0.15) is 16.8 Å². The minimum Gasteiger partial charge on any atom is -0.494 e. The van der Waals surface area contributed by atoms with Gasteiger partial charge in [0.15, 0.2) is 5.88 Å². The number of carbonyl (C=O) groups excluding carboxylic acids is 1. The third-order valence-corrected chi connectivity index (χ3v) is 8.08. The van der Waals surface area contributed by atoms with Gasteiger partial charge in [-0.05, 0) is 64.4 Å². The zero-order valence-corrected chi connectivity index (χ0v) is 21.1. The van der Waals surface area contributed by atoms with Gasteiger partial charge in [0, 0.05) is 55.4 Å². The van der Waals surface area contributed by atoms with Gasteiger partial charge in [-0.3, -0.25) is 9.78 Å². The van der Waals surface area contributed by atoms with Crippen LogP contribution in [-0.2, 0) is 10.0 Å². The van der Waals surface area contributed by atoms with Gasteiger partial charge >= 0.3 is 0 Å². The van der Waals surface area contributed by atoms with Crippen LogP contribution in [-0.4, -0.2) is 104 Å². The second-order valence-electron chi connectivity index (χ2n) is 9.11. The van der Waals surface area contributed by atoms with Crippen molar-refractivity contribution in [2.24, 2.45) is 0 Å². The minimum atomic E-state index is -3.64. The quantitative estimate of drug-likeness (QED) is 0.401. The first-order valence-electron chi connectivity index (χ1n) is 11.6. The average Bonchev–Trinajstić information content (AvgIpc) is 3.16. The van der Waals surface area contributed by atoms with Crippen molar-refractivity contribution in [1.82, 2.24) is 29.4 Å². The number of aromatic hydroxyl groups is 1. The molecule has 1 aliphatic heterocycles. The fraction of sp³-hybridized carbons (Fsp3) is 0.417. The number of nitrogens with zero attached hydrogens (tertiary/aromatic N) is 4. The molecule has 1 aromatic carbocycles. The van der Waals surface area contributed by atoms with Gasteiger partial charge in [0.2, 0.25) is 10.0 Å². The van der Waals surface area contributed by atoms with E-state index in [1.54, 1.807) is 24.3 Å². The summed E-state index contributed by atoms with van der Waals surface area (Å²) in [5.41, 5.74) is 1.95. The van der Waals surface area contributed by atoms with Crippen LogP contribution in [0.2, 0.25) is 0 Å². The average molecular weight is 501 g/mol. The minimum absolute atomic E-state index is 0.0919. The van der Waals surface area contributed by atoms with Crippen molar-refractivity contribution in [2.45, 2.75) is 11.3 Å². The molecule has 35 heavy (non-hydrogen) atoms. The summed E-state index contributed by atoms with van der Waals surface area (Å²) in [5, 5.41) is 14.1. The fourth-order valence-corrected chi connectivity index (χ4v) is 5.50. The van der Waals surface area contributed by atoms with Gasteiger partial charge in [-0.2, -0.15) is 4.31 Å². The van der Waals surface area contributed by atoms with Crippen LogP contribution < -0.4 is 5.32 Å². The van der Waals surface area contributed by atoms with Gasteiger partial charge in [-0.25, -0.2) is 8.42 Å². The molecule has 0 unspecified atom stereocenters. The fourth-order valence-electron chi connectivity index (χ4n) is 4.14. The summed E-state index contributed by atoms with van der Waals surface area (Å²) in [6.45, 7) is 3.67. The largest absolute Gasteiger partial charge is 0.494 e. The van der Waals surface area contributed by atoms with Crippen LogP contribution in [0.5, 0.6) is 5.88 Å². The van der Waals surface area contributed by atoms with Crippen molar-refractivity contribution in [3.63, 3.8) is 0 Å². The van der Waals surface area contributed by atoms with Crippen molar-refractivity contribution >= 4 is 26.8 Å². The number of rotatable bonds is 8. The van der Waals surface area contributed by atoms with E-state index in [1.807, 2.05) is 21.1 Å². The molecule has 1 saturated heterocycles. The summed E-state index contributed by atoms with van der Waals surface area (Å²) < 4.78 is 27.5. The summed E-state index contributed by atoms with van der Waals surface area (Å²) in [7, 11) is 2.29. The number of aromatic amines is 1.